The number of H-pyrrole nitrogens is 1. The molecule has 1 amide bonds. The highest BCUT2D eigenvalue weighted by Gasteiger charge is 2.26. The molecule has 0 radical (unpaired) electrons. The predicted octanol–water partition coefficient (Wildman–Crippen LogP) is 1.80. The number of hydrogen-bond acceptors (Lipinski definition) is 6. The molecule has 8 nitrogen and oxygen atoms in total. The molecule has 0 aliphatic carbocycles. The first kappa shape index (κ1) is 18.1. The number of aromatic hydroxyl groups is 3. The number of fused-ring (bicyclic) bond motifs is 1. The number of esters is 1. The molecular formula is C19H18N2O6. The molecule has 3 aromatic rings. The van der Waals surface area contributed by atoms with Crippen LogP contribution in [0.25, 0.3) is 10.9 Å². The number of nitrogens with one attached hydrogen (secondary N) is 2. The first-order valence-electron chi connectivity index (χ1n) is 8.09. The van der Waals surface area contributed by atoms with E-state index in [2.05, 4.69) is 10.3 Å². The van der Waals surface area contributed by atoms with Crippen molar-refractivity contribution in [2.45, 2.75) is 12.5 Å². The Hall–Kier alpha value is -3.68. The molecule has 0 spiro atoms. The molecule has 0 aliphatic heterocycles. The standard InChI is InChI=1S/C19H18N2O6/c1-27-19(26)14(21-18(25)17-15(23)3-2-4-16(17)24)7-10-9-20-13-6-5-11(22)8-12(10)13/h2-6,8-9,14,20,22-24H,7H2,1H3,(H,21,25)/t14-/m0/s1. The fourth-order valence-electron chi connectivity index (χ4n) is 2.88. The summed E-state index contributed by atoms with van der Waals surface area (Å²) in [5, 5.41) is 32.5. The molecule has 0 aliphatic rings. The summed E-state index contributed by atoms with van der Waals surface area (Å²) in [7, 11) is 1.19. The van der Waals surface area contributed by atoms with Crippen LogP contribution in [-0.4, -0.2) is 45.3 Å². The van der Waals surface area contributed by atoms with E-state index in [0.29, 0.717) is 10.9 Å². The smallest absolute Gasteiger partial charge is 0.328 e. The van der Waals surface area contributed by atoms with Crippen LogP contribution in [0.2, 0.25) is 0 Å². The van der Waals surface area contributed by atoms with Crippen LogP contribution in [0.5, 0.6) is 17.2 Å². The van der Waals surface area contributed by atoms with Gasteiger partial charge in [0.05, 0.1) is 7.11 Å². The molecule has 0 fully saturated rings. The molecule has 0 saturated carbocycles. The molecule has 0 saturated heterocycles. The van der Waals surface area contributed by atoms with Crippen molar-refractivity contribution in [3.05, 3.63) is 53.7 Å². The van der Waals surface area contributed by atoms with Gasteiger partial charge in [0.25, 0.3) is 5.91 Å². The Morgan fingerprint density at radius 1 is 1.15 bits per heavy atom. The van der Waals surface area contributed by atoms with E-state index in [1.54, 1.807) is 18.3 Å². The first-order chi connectivity index (χ1) is 12.9. The molecule has 1 aromatic heterocycles. The van der Waals surface area contributed by atoms with Crippen molar-refractivity contribution in [1.29, 1.82) is 0 Å². The second kappa shape index (κ2) is 7.28. The van der Waals surface area contributed by atoms with Gasteiger partial charge in [-0.3, -0.25) is 4.79 Å². The third kappa shape index (κ3) is 3.64. The molecule has 2 aromatic carbocycles. The Labute approximate surface area is 154 Å². The quantitative estimate of drug-likeness (QED) is 0.435. The summed E-state index contributed by atoms with van der Waals surface area (Å²) >= 11 is 0. The molecule has 0 bridgehead atoms. The molecule has 1 heterocycles. The number of carbonyl (C=O) groups excluding carboxylic acids is 2. The van der Waals surface area contributed by atoms with Gasteiger partial charge in [0, 0.05) is 23.5 Å². The highest BCUT2D eigenvalue weighted by atomic mass is 16.5. The monoisotopic (exact) mass is 370 g/mol. The predicted molar refractivity (Wildman–Crippen MR) is 96.7 cm³/mol. The van der Waals surface area contributed by atoms with Crippen LogP contribution in [0.4, 0.5) is 0 Å². The van der Waals surface area contributed by atoms with Gasteiger partial charge in [0.1, 0.15) is 28.9 Å². The molecule has 0 unspecified atom stereocenters. The maximum atomic E-state index is 12.5. The van der Waals surface area contributed by atoms with E-state index >= 15 is 0 Å². The number of phenolic OH excluding ortho intramolecular Hbond substituents is 3. The number of aromatic amines is 1. The minimum absolute atomic E-state index is 0.0705. The van der Waals surface area contributed by atoms with Gasteiger partial charge in [-0.05, 0) is 35.9 Å². The van der Waals surface area contributed by atoms with Crippen LogP contribution in [0.1, 0.15) is 15.9 Å². The maximum Gasteiger partial charge on any atom is 0.328 e. The minimum Gasteiger partial charge on any atom is -0.508 e. The summed E-state index contributed by atoms with van der Waals surface area (Å²) in [6, 6.07) is 7.60. The van der Waals surface area contributed by atoms with Crippen molar-refractivity contribution in [1.82, 2.24) is 10.3 Å². The third-order valence-electron chi connectivity index (χ3n) is 4.21. The lowest BCUT2D eigenvalue weighted by Gasteiger charge is -2.17. The molecular weight excluding hydrogens is 352 g/mol. The van der Waals surface area contributed by atoms with Crippen molar-refractivity contribution in [3.8, 4) is 17.2 Å². The minimum atomic E-state index is -1.07. The zero-order valence-electron chi connectivity index (χ0n) is 14.4. The fraction of sp³-hybridized carbons (Fsp3) is 0.158. The fourth-order valence-corrected chi connectivity index (χ4v) is 2.88. The van der Waals surface area contributed by atoms with Crippen molar-refractivity contribution in [2.75, 3.05) is 7.11 Å². The summed E-state index contributed by atoms with van der Waals surface area (Å²) in [6.45, 7) is 0. The van der Waals surface area contributed by atoms with Gasteiger partial charge in [-0.15, -0.1) is 0 Å². The lowest BCUT2D eigenvalue weighted by atomic mass is 10.0. The highest BCUT2D eigenvalue weighted by Crippen LogP contribution is 2.27. The average molecular weight is 370 g/mol. The summed E-state index contributed by atoms with van der Waals surface area (Å²) in [5.74, 6) is -2.25. The van der Waals surface area contributed by atoms with E-state index in [0.717, 1.165) is 5.52 Å². The van der Waals surface area contributed by atoms with Crippen molar-refractivity contribution in [3.63, 3.8) is 0 Å². The second-order valence-corrected chi connectivity index (χ2v) is 5.97. The Morgan fingerprint density at radius 3 is 2.52 bits per heavy atom. The van der Waals surface area contributed by atoms with Crippen LogP contribution in [0.15, 0.2) is 42.6 Å². The zero-order chi connectivity index (χ0) is 19.6. The Balaban J connectivity index is 1.89. The summed E-state index contributed by atoms with van der Waals surface area (Å²) in [5.41, 5.74) is 1.11. The number of benzene rings is 2. The largest absolute Gasteiger partial charge is 0.508 e. The Bertz CT molecular complexity index is 990. The average Bonchev–Trinajstić information content (AvgIpc) is 3.02. The highest BCUT2D eigenvalue weighted by molar-refractivity contribution is 6.01. The Morgan fingerprint density at radius 2 is 1.85 bits per heavy atom. The molecule has 3 rings (SSSR count). The normalized spacial score (nSPS) is 11.9. The van der Waals surface area contributed by atoms with Crippen LogP contribution in [0, 0.1) is 0 Å². The van der Waals surface area contributed by atoms with Crippen LogP contribution < -0.4 is 5.32 Å². The number of aromatic nitrogens is 1. The third-order valence-corrected chi connectivity index (χ3v) is 4.21. The molecule has 140 valence electrons. The van der Waals surface area contributed by atoms with Gasteiger partial charge in [-0.2, -0.15) is 0 Å². The molecule has 5 N–H and O–H groups in total. The number of carbonyl (C=O) groups is 2. The number of phenols is 3. The van der Waals surface area contributed by atoms with Crippen molar-refractivity contribution < 1.29 is 29.6 Å². The summed E-state index contributed by atoms with van der Waals surface area (Å²) in [4.78, 5) is 27.7. The van der Waals surface area contributed by atoms with Gasteiger partial charge in [-0.25, -0.2) is 4.79 Å². The van der Waals surface area contributed by atoms with E-state index in [4.69, 9.17) is 4.74 Å². The number of amides is 1. The maximum absolute atomic E-state index is 12.5. The van der Waals surface area contributed by atoms with Gasteiger partial charge in [-0.1, -0.05) is 6.07 Å². The number of ether oxygens (including phenoxy) is 1. The Kier molecular flexibility index (Phi) is 4.89. The molecule has 8 heteroatoms. The van der Waals surface area contributed by atoms with Crippen LogP contribution in [0.3, 0.4) is 0 Å². The van der Waals surface area contributed by atoms with E-state index in [1.165, 1.54) is 31.4 Å². The molecule has 1 atom stereocenters. The first-order valence-corrected chi connectivity index (χ1v) is 8.09. The summed E-state index contributed by atoms with van der Waals surface area (Å²) < 4.78 is 4.76. The second-order valence-electron chi connectivity index (χ2n) is 5.97. The van der Waals surface area contributed by atoms with Crippen LogP contribution in [-0.2, 0) is 16.0 Å². The van der Waals surface area contributed by atoms with E-state index in [9.17, 15) is 24.9 Å². The number of methoxy groups -OCH3 is 1. The van der Waals surface area contributed by atoms with E-state index < -0.39 is 29.4 Å². The van der Waals surface area contributed by atoms with E-state index in [1.807, 2.05) is 0 Å². The van der Waals surface area contributed by atoms with Gasteiger partial charge in [0.2, 0.25) is 0 Å². The van der Waals surface area contributed by atoms with Crippen molar-refractivity contribution in [2.24, 2.45) is 0 Å². The van der Waals surface area contributed by atoms with Gasteiger partial charge < -0.3 is 30.4 Å². The van der Waals surface area contributed by atoms with Crippen molar-refractivity contribution >= 4 is 22.8 Å². The van der Waals surface area contributed by atoms with Crippen LogP contribution >= 0.6 is 0 Å². The van der Waals surface area contributed by atoms with E-state index in [-0.39, 0.29) is 17.7 Å². The SMILES string of the molecule is COC(=O)[C@H](Cc1c[nH]c2ccc(O)cc12)NC(=O)c1c(O)cccc1O. The zero-order valence-corrected chi connectivity index (χ0v) is 14.4. The lowest BCUT2D eigenvalue weighted by molar-refractivity contribution is -0.142. The number of hydrogen-bond donors (Lipinski definition) is 5. The van der Waals surface area contributed by atoms with Gasteiger partial charge in [0.15, 0.2) is 0 Å². The van der Waals surface area contributed by atoms with Gasteiger partial charge >= 0.3 is 5.97 Å². The summed E-state index contributed by atoms with van der Waals surface area (Å²) in [6.07, 6.45) is 1.75. The molecule has 27 heavy (non-hydrogen) atoms. The number of rotatable bonds is 5. The topological polar surface area (TPSA) is 132 Å². The lowest BCUT2D eigenvalue weighted by Crippen LogP contribution is -2.43.